The lowest BCUT2D eigenvalue weighted by Gasteiger charge is -2.17. The van der Waals surface area contributed by atoms with Crippen LogP contribution >= 0.6 is 0 Å². The minimum atomic E-state index is -0.156. The van der Waals surface area contributed by atoms with Gasteiger partial charge in [-0.15, -0.1) is 0 Å². The Kier molecular flexibility index (Phi) is 1.86. The number of H-pyrrole nitrogens is 1. The first-order valence-corrected chi connectivity index (χ1v) is 5.52. The molecule has 0 radical (unpaired) electrons. The first kappa shape index (κ1) is 8.98. The van der Waals surface area contributed by atoms with Gasteiger partial charge in [0, 0.05) is 23.0 Å². The first-order valence-electron chi connectivity index (χ1n) is 5.52. The van der Waals surface area contributed by atoms with Crippen molar-refractivity contribution in [2.24, 2.45) is 0 Å². The number of hydrogen-bond donors (Lipinski definition) is 2. The maximum atomic E-state index is 9.69. The minimum absolute atomic E-state index is 0.156. The third kappa shape index (κ3) is 1.37. The van der Waals surface area contributed by atoms with Crippen LogP contribution in [0.15, 0.2) is 18.2 Å². The summed E-state index contributed by atoms with van der Waals surface area (Å²) in [5.74, 6) is 0. The van der Waals surface area contributed by atoms with Crippen LogP contribution in [0.5, 0.6) is 0 Å². The van der Waals surface area contributed by atoms with Gasteiger partial charge in [-0.1, -0.05) is 11.6 Å². The molecule has 2 heteroatoms. The minimum Gasteiger partial charge on any atom is -0.393 e. The molecule has 78 valence electrons. The molecule has 0 fully saturated rings. The van der Waals surface area contributed by atoms with E-state index < -0.39 is 0 Å². The molecule has 1 heterocycles. The Balaban J connectivity index is 2.25. The zero-order chi connectivity index (χ0) is 10.4. The SMILES string of the molecule is Cc1ccc2[nH]c3c(c2c1)CC(O)CC3. The van der Waals surface area contributed by atoms with Crippen LogP contribution < -0.4 is 0 Å². The van der Waals surface area contributed by atoms with Crippen molar-refractivity contribution in [3.63, 3.8) is 0 Å². The van der Waals surface area contributed by atoms with Gasteiger partial charge in [-0.2, -0.15) is 0 Å². The lowest BCUT2D eigenvalue weighted by Crippen LogP contribution is -2.17. The molecule has 2 N–H and O–H groups in total. The van der Waals surface area contributed by atoms with Gasteiger partial charge in [0.05, 0.1) is 6.10 Å². The van der Waals surface area contributed by atoms with E-state index >= 15 is 0 Å². The molecule has 3 rings (SSSR count). The van der Waals surface area contributed by atoms with E-state index in [1.54, 1.807) is 0 Å². The van der Waals surface area contributed by atoms with Gasteiger partial charge in [0.1, 0.15) is 0 Å². The van der Waals surface area contributed by atoms with Crippen LogP contribution in [0.1, 0.15) is 23.2 Å². The van der Waals surface area contributed by atoms with E-state index in [9.17, 15) is 5.11 Å². The average molecular weight is 201 g/mol. The van der Waals surface area contributed by atoms with Crippen molar-refractivity contribution >= 4 is 10.9 Å². The van der Waals surface area contributed by atoms with Crippen LogP contribution in [0, 0.1) is 6.92 Å². The molecular formula is C13H15NO. The third-order valence-electron chi connectivity index (χ3n) is 3.32. The number of nitrogens with one attached hydrogen (secondary N) is 1. The molecular weight excluding hydrogens is 186 g/mol. The number of aryl methyl sites for hydroxylation is 2. The molecule has 1 unspecified atom stereocenters. The topological polar surface area (TPSA) is 36.0 Å². The van der Waals surface area contributed by atoms with Gasteiger partial charge < -0.3 is 10.1 Å². The van der Waals surface area contributed by atoms with E-state index in [-0.39, 0.29) is 6.10 Å². The largest absolute Gasteiger partial charge is 0.393 e. The Morgan fingerprint density at radius 1 is 1.40 bits per heavy atom. The second-order valence-corrected chi connectivity index (χ2v) is 4.53. The Morgan fingerprint density at radius 3 is 3.13 bits per heavy atom. The molecule has 0 aliphatic heterocycles. The van der Waals surface area contributed by atoms with Gasteiger partial charge in [0.15, 0.2) is 0 Å². The zero-order valence-electron chi connectivity index (χ0n) is 8.88. The average Bonchev–Trinajstić information content (AvgIpc) is 2.56. The van der Waals surface area contributed by atoms with Crippen molar-refractivity contribution in [2.75, 3.05) is 0 Å². The predicted molar refractivity (Wildman–Crippen MR) is 61.1 cm³/mol. The smallest absolute Gasteiger partial charge is 0.0585 e. The highest BCUT2D eigenvalue weighted by Gasteiger charge is 2.20. The van der Waals surface area contributed by atoms with E-state index in [0.717, 1.165) is 19.3 Å². The zero-order valence-corrected chi connectivity index (χ0v) is 8.88. The van der Waals surface area contributed by atoms with E-state index in [0.29, 0.717) is 0 Å². The number of aromatic amines is 1. The van der Waals surface area contributed by atoms with Crippen molar-refractivity contribution < 1.29 is 5.11 Å². The maximum absolute atomic E-state index is 9.69. The van der Waals surface area contributed by atoms with Gasteiger partial charge in [-0.3, -0.25) is 0 Å². The van der Waals surface area contributed by atoms with Crippen LogP contribution in [0.3, 0.4) is 0 Å². The van der Waals surface area contributed by atoms with Crippen LogP contribution in [0.2, 0.25) is 0 Å². The fourth-order valence-electron chi connectivity index (χ4n) is 2.51. The third-order valence-corrected chi connectivity index (χ3v) is 3.32. The molecule has 1 aliphatic carbocycles. The Hall–Kier alpha value is -1.28. The molecule has 0 bridgehead atoms. The highest BCUT2D eigenvalue weighted by atomic mass is 16.3. The number of fused-ring (bicyclic) bond motifs is 3. The summed E-state index contributed by atoms with van der Waals surface area (Å²) < 4.78 is 0. The second kappa shape index (κ2) is 3.11. The van der Waals surface area contributed by atoms with E-state index in [4.69, 9.17) is 0 Å². The van der Waals surface area contributed by atoms with E-state index in [1.165, 1.54) is 27.7 Å². The maximum Gasteiger partial charge on any atom is 0.0585 e. The summed E-state index contributed by atoms with van der Waals surface area (Å²) in [5, 5.41) is 11.0. The van der Waals surface area contributed by atoms with Gasteiger partial charge in [0.2, 0.25) is 0 Å². The van der Waals surface area contributed by atoms with Gasteiger partial charge >= 0.3 is 0 Å². The quantitative estimate of drug-likeness (QED) is 0.674. The highest BCUT2D eigenvalue weighted by molar-refractivity contribution is 5.85. The van der Waals surface area contributed by atoms with Crippen LogP contribution in [0.25, 0.3) is 10.9 Å². The van der Waals surface area contributed by atoms with Gasteiger partial charge in [0.25, 0.3) is 0 Å². The van der Waals surface area contributed by atoms with Crippen LogP contribution in [0.4, 0.5) is 0 Å². The highest BCUT2D eigenvalue weighted by Crippen LogP contribution is 2.29. The molecule has 0 amide bonds. The lowest BCUT2D eigenvalue weighted by molar-refractivity contribution is 0.158. The lowest BCUT2D eigenvalue weighted by atomic mass is 9.93. The number of hydrogen-bond acceptors (Lipinski definition) is 1. The van der Waals surface area contributed by atoms with Crippen LogP contribution in [-0.4, -0.2) is 16.2 Å². The summed E-state index contributed by atoms with van der Waals surface area (Å²) in [4.78, 5) is 3.45. The van der Waals surface area contributed by atoms with Gasteiger partial charge in [-0.25, -0.2) is 0 Å². The van der Waals surface area contributed by atoms with Crippen LogP contribution in [-0.2, 0) is 12.8 Å². The van der Waals surface area contributed by atoms with E-state index in [1.807, 2.05) is 0 Å². The molecule has 2 aromatic rings. The Morgan fingerprint density at radius 2 is 2.27 bits per heavy atom. The summed E-state index contributed by atoms with van der Waals surface area (Å²) in [5.41, 5.74) is 5.14. The molecule has 0 saturated heterocycles. The molecule has 15 heavy (non-hydrogen) atoms. The summed E-state index contributed by atoms with van der Waals surface area (Å²) >= 11 is 0. The summed E-state index contributed by atoms with van der Waals surface area (Å²) in [6.07, 6.45) is 2.51. The van der Waals surface area contributed by atoms with Gasteiger partial charge in [-0.05, 0) is 37.5 Å². The second-order valence-electron chi connectivity index (χ2n) is 4.53. The van der Waals surface area contributed by atoms with Crippen molar-refractivity contribution in [1.82, 2.24) is 4.98 Å². The predicted octanol–water partition coefficient (Wildman–Crippen LogP) is 2.33. The summed E-state index contributed by atoms with van der Waals surface area (Å²) in [7, 11) is 0. The van der Waals surface area contributed by atoms with Crippen molar-refractivity contribution in [3.8, 4) is 0 Å². The molecule has 1 aliphatic rings. The molecule has 1 atom stereocenters. The first-order chi connectivity index (χ1) is 7.24. The number of aliphatic hydroxyl groups excluding tert-OH is 1. The Labute approximate surface area is 88.9 Å². The van der Waals surface area contributed by atoms with Crippen molar-refractivity contribution in [1.29, 1.82) is 0 Å². The molecule has 1 aromatic carbocycles. The van der Waals surface area contributed by atoms with Crippen molar-refractivity contribution in [3.05, 3.63) is 35.0 Å². The number of benzene rings is 1. The normalized spacial score (nSPS) is 20.5. The summed E-state index contributed by atoms with van der Waals surface area (Å²) in [6.45, 7) is 2.11. The molecule has 2 nitrogen and oxygen atoms in total. The fraction of sp³-hybridized carbons (Fsp3) is 0.385. The molecule has 0 saturated carbocycles. The summed E-state index contributed by atoms with van der Waals surface area (Å²) in [6, 6.07) is 6.47. The molecule has 1 aromatic heterocycles. The Bertz CT molecular complexity index is 512. The monoisotopic (exact) mass is 201 g/mol. The fourth-order valence-corrected chi connectivity index (χ4v) is 2.51. The van der Waals surface area contributed by atoms with E-state index in [2.05, 4.69) is 30.1 Å². The number of aromatic nitrogens is 1. The molecule has 0 spiro atoms. The standard InChI is InChI=1S/C13H15NO/c1-8-2-4-12-10(6-8)11-7-9(15)3-5-13(11)14-12/h2,4,6,9,14-15H,3,5,7H2,1H3. The number of aliphatic hydroxyl groups is 1. The number of rotatable bonds is 0. The van der Waals surface area contributed by atoms with Crippen molar-refractivity contribution in [2.45, 2.75) is 32.3 Å².